The lowest BCUT2D eigenvalue weighted by Crippen LogP contribution is -2.45. The number of aryl methyl sites for hydroxylation is 1. The number of nitrogen functional groups attached to an aromatic ring is 1. The van der Waals surface area contributed by atoms with Gasteiger partial charge in [0.25, 0.3) is 11.8 Å². The number of halogens is 2. The van der Waals surface area contributed by atoms with Gasteiger partial charge in [-0.2, -0.15) is 4.37 Å². The molecule has 0 bridgehead atoms. The maximum atomic E-state index is 14.0. The lowest BCUT2D eigenvalue weighted by Gasteiger charge is -2.32. The van der Waals surface area contributed by atoms with Crippen molar-refractivity contribution in [3.63, 3.8) is 0 Å². The highest BCUT2D eigenvalue weighted by atomic mass is 35.5. The van der Waals surface area contributed by atoms with Gasteiger partial charge in [-0.3, -0.25) is 19.3 Å². The van der Waals surface area contributed by atoms with Gasteiger partial charge < -0.3 is 21.5 Å². The summed E-state index contributed by atoms with van der Waals surface area (Å²) in [6.07, 6.45) is 1.54. The molecule has 9 nitrogen and oxygen atoms in total. The fourth-order valence-electron chi connectivity index (χ4n) is 4.03. The molecule has 0 radical (unpaired) electrons. The van der Waals surface area contributed by atoms with Gasteiger partial charge in [0.05, 0.1) is 11.8 Å². The van der Waals surface area contributed by atoms with Crippen LogP contribution in [0.15, 0.2) is 42.5 Å². The average molecular weight is 546 g/mol. The van der Waals surface area contributed by atoms with Crippen LogP contribution < -0.4 is 21.7 Å². The standard InChI is InChI=1S/C25H25ClFN5O4S/c1-13-4-9-16(11-18(13)26)32(25(35)22-19(28)20(23(29)33)31-37-22)21(14-5-7-15(27)8-6-14)24(34)30-12-17-3-2-10-36-17/h4-9,11,17,21H,2-3,10,12,28H2,1H3,(H2,29,33)(H,30,34)/t17-,21+/m1/s1. The van der Waals surface area contributed by atoms with E-state index >= 15 is 0 Å². The first-order valence-corrected chi connectivity index (χ1v) is 12.6. The maximum Gasteiger partial charge on any atom is 0.273 e. The van der Waals surface area contributed by atoms with E-state index in [-0.39, 0.29) is 34.6 Å². The van der Waals surface area contributed by atoms with Gasteiger partial charge in [0.1, 0.15) is 16.7 Å². The van der Waals surface area contributed by atoms with E-state index in [1.807, 2.05) is 0 Å². The molecule has 0 spiro atoms. The SMILES string of the molecule is Cc1ccc(N(C(=O)c2snc(C(N)=O)c2N)[C@H](C(=O)NC[C@H]2CCCO2)c2ccc(F)cc2)cc1Cl. The number of primary amides is 1. The third-order valence-corrected chi connectivity index (χ3v) is 7.29. The number of nitrogens with two attached hydrogens (primary N) is 2. The van der Waals surface area contributed by atoms with Crippen LogP contribution in [0.1, 0.15) is 50.2 Å². The first-order valence-electron chi connectivity index (χ1n) is 11.5. The summed E-state index contributed by atoms with van der Waals surface area (Å²) in [4.78, 5) is 40.5. The molecule has 0 saturated carbocycles. The van der Waals surface area contributed by atoms with E-state index in [1.165, 1.54) is 29.2 Å². The summed E-state index contributed by atoms with van der Waals surface area (Å²) < 4.78 is 23.3. The van der Waals surface area contributed by atoms with Crippen LogP contribution in [-0.4, -0.2) is 41.4 Å². The Kier molecular flexibility index (Phi) is 8.06. The van der Waals surface area contributed by atoms with Gasteiger partial charge in [-0.25, -0.2) is 4.39 Å². The molecule has 194 valence electrons. The molecule has 2 aromatic carbocycles. The second kappa shape index (κ2) is 11.2. The first-order chi connectivity index (χ1) is 17.7. The first kappa shape index (κ1) is 26.5. The van der Waals surface area contributed by atoms with Crippen LogP contribution in [0.3, 0.4) is 0 Å². The number of anilines is 2. The Morgan fingerprint density at radius 3 is 2.59 bits per heavy atom. The Balaban J connectivity index is 1.82. The van der Waals surface area contributed by atoms with Crippen molar-refractivity contribution in [3.05, 3.63) is 75.0 Å². The van der Waals surface area contributed by atoms with Gasteiger partial charge in [-0.05, 0) is 66.7 Å². The number of nitrogens with one attached hydrogen (secondary N) is 1. The van der Waals surface area contributed by atoms with E-state index in [1.54, 1.807) is 25.1 Å². The van der Waals surface area contributed by atoms with Crippen LogP contribution in [-0.2, 0) is 9.53 Å². The molecule has 37 heavy (non-hydrogen) atoms. The van der Waals surface area contributed by atoms with Crippen LogP contribution in [0, 0.1) is 12.7 Å². The number of amides is 3. The number of hydrogen-bond acceptors (Lipinski definition) is 7. The molecule has 1 aliphatic heterocycles. The van der Waals surface area contributed by atoms with Crippen molar-refractivity contribution in [2.45, 2.75) is 31.9 Å². The number of hydrogen-bond donors (Lipinski definition) is 3. The minimum Gasteiger partial charge on any atom is -0.395 e. The second-order valence-corrected chi connectivity index (χ2v) is 9.76. The Morgan fingerprint density at radius 1 is 1.27 bits per heavy atom. The fraction of sp³-hybridized carbons (Fsp3) is 0.280. The largest absolute Gasteiger partial charge is 0.395 e. The smallest absolute Gasteiger partial charge is 0.273 e. The number of rotatable bonds is 8. The van der Waals surface area contributed by atoms with Crippen molar-refractivity contribution in [2.75, 3.05) is 23.8 Å². The summed E-state index contributed by atoms with van der Waals surface area (Å²) in [6.45, 7) is 2.65. The van der Waals surface area contributed by atoms with Crippen LogP contribution in [0.4, 0.5) is 15.8 Å². The Labute approximate surface area is 221 Å². The third-order valence-electron chi connectivity index (χ3n) is 6.03. The van der Waals surface area contributed by atoms with E-state index in [4.69, 9.17) is 27.8 Å². The predicted molar refractivity (Wildman–Crippen MR) is 139 cm³/mol. The van der Waals surface area contributed by atoms with E-state index in [0.717, 1.165) is 18.4 Å². The van der Waals surface area contributed by atoms with Gasteiger partial charge in [0.2, 0.25) is 5.91 Å². The molecule has 1 saturated heterocycles. The molecule has 5 N–H and O–H groups in total. The molecule has 0 unspecified atom stereocenters. The molecule has 2 heterocycles. The lowest BCUT2D eigenvalue weighted by molar-refractivity contribution is -0.123. The van der Waals surface area contributed by atoms with E-state index in [2.05, 4.69) is 9.69 Å². The molecule has 2 atom stereocenters. The Bertz CT molecular complexity index is 1330. The van der Waals surface area contributed by atoms with Crippen LogP contribution in [0.25, 0.3) is 0 Å². The summed E-state index contributed by atoms with van der Waals surface area (Å²) in [7, 11) is 0. The fourth-order valence-corrected chi connectivity index (χ4v) is 4.95. The number of benzene rings is 2. The molecule has 1 fully saturated rings. The summed E-state index contributed by atoms with van der Waals surface area (Å²) in [5.41, 5.74) is 12.3. The van der Waals surface area contributed by atoms with Gasteiger partial charge in [-0.1, -0.05) is 29.8 Å². The van der Waals surface area contributed by atoms with E-state index < -0.39 is 29.6 Å². The highest BCUT2D eigenvalue weighted by Gasteiger charge is 2.36. The number of carbonyl (C=O) groups is 3. The summed E-state index contributed by atoms with van der Waals surface area (Å²) in [6, 6.07) is 8.89. The van der Waals surface area contributed by atoms with Crippen molar-refractivity contribution in [1.29, 1.82) is 0 Å². The van der Waals surface area contributed by atoms with Crippen molar-refractivity contribution < 1.29 is 23.5 Å². The maximum absolute atomic E-state index is 14.0. The van der Waals surface area contributed by atoms with E-state index in [9.17, 15) is 18.8 Å². The predicted octanol–water partition coefficient (Wildman–Crippen LogP) is 3.61. The zero-order chi connectivity index (χ0) is 26.7. The van der Waals surface area contributed by atoms with Crippen molar-refractivity contribution in [2.24, 2.45) is 5.73 Å². The Hall–Kier alpha value is -3.54. The molecule has 3 aromatic rings. The summed E-state index contributed by atoms with van der Waals surface area (Å²) in [5.74, 6) is -2.62. The minimum absolute atomic E-state index is 0.0791. The summed E-state index contributed by atoms with van der Waals surface area (Å²) in [5, 5.41) is 3.22. The van der Waals surface area contributed by atoms with Crippen molar-refractivity contribution >= 4 is 52.2 Å². The average Bonchev–Trinajstić information content (AvgIpc) is 3.53. The third kappa shape index (κ3) is 5.74. The zero-order valence-corrected chi connectivity index (χ0v) is 21.4. The quantitative estimate of drug-likeness (QED) is 0.395. The molecular weight excluding hydrogens is 521 g/mol. The van der Waals surface area contributed by atoms with Crippen LogP contribution in [0.2, 0.25) is 5.02 Å². The number of nitrogens with zero attached hydrogens (tertiary/aromatic N) is 2. The van der Waals surface area contributed by atoms with Crippen LogP contribution >= 0.6 is 23.1 Å². The van der Waals surface area contributed by atoms with Crippen LogP contribution in [0.5, 0.6) is 0 Å². The topological polar surface area (TPSA) is 141 Å². The molecule has 3 amide bonds. The number of ether oxygens (including phenoxy) is 1. The monoisotopic (exact) mass is 545 g/mol. The molecule has 1 aliphatic rings. The van der Waals surface area contributed by atoms with E-state index in [0.29, 0.717) is 28.7 Å². The highest BCUT2D eigenvalue weighted by molar-refractivity contribution is 7.09. The molecule has 4 rings (SSSR count). The minimum atomic E-state index is -1.24. The second-order valence-electron chi connectivity index (χ2n) is 8.58. The molecule has 0 aliphatic carbocycles. The van der Waals surface area contributed by atoms with Gasteiger partial charge in [0, 0.05) is 23.9 Å². The van der Waals surface area contributed by atoms with Crippen molar-refractivity contribution in [1.82, 2.24) is 9.69 Å². The van der Waals surface area contributed by atoms with Gasteiger partial charge in [-0.15, -0.1) is 0 Å². The summed E-state index contributed by atoms with van der Waals surface area (Å²) >= 11 is 7.08. The Morgan fingerprint density at radius 2 is 2.00 bits per heavy atom. The molecular formula is C25H25ClFN5O4S. The normalized spacial score (nSPS) is 15.8. The zero-order valence-electron chi connectivity index (χ0n) is 19.9. The van der Waals surface area contributed by atoms with Gasteiger partial charge in [0.15, 0.2) is 5.69 Å². The number of carbonyl (C=O) groups excluding carboxylic acids is 3. The van der Waals surface area contributed by atoms with Crippen molar-refractivity contribution in [3.8, 4) is 0 Å². The number of aromatic nitrogens is 1. The molecule has 1 aromatic heterocycles. The molecule has 12 heteroatoms. The van der Waals surface area contributed by atoms with Gasteiger partial charge >= 0.3 is 0 Å². The lowest BCUT2D eigenvalue weighted by atomic mass is 10.0. The highest BCUT2D eigenvalue weighted by Crippen LogP contribution is 2.35.